The SMILES string of the molecule is CC1CCC(n2cnc(C[C@H](CCCNC(=O)OC(C)OC(=O)C(C)(C)C)C(=O)O)c2)CC1. The van der Waals surface area contributed by atoms with Crippen molar-refractivity contribution < 1.29 is 29.0 Å². The minimum absolute atomic E-state index is 0.261. The number of carboxylic acids is 1. The minimum atomic E-state index is -1.01. The summed E-state index contributed by atoms with van der Waals surface area (Å²) in [5.74, 6) is -1.15. The van der Waals surface area contributed by atoms with Crippen LogP contribution in [0.5, 0.6) is 0 Å². The lowest BCUT2D eigenvalue weighted by atomic mass is 9.87. The van der Waals surface area contributed by atoms with Gasteiger partial charge in [0, 0.05) is 32.1 Å². The molecule has 1 aliphatic rings. The summed E-state index contributed by atoms with van der Waals surface area (Å²) >= 11 is 0. The van der Waals surface area contributed by atoms with Gasteiger partial charge in [-0.1, -0.05) is 6.92 Å². The van der Waals surface area contributed by atoms with E-state index in [9.17, 15) is 19.5 Å². The highest BCUT2D eigenvalue weighted by atomic mass is 16.7. The van der Waals surface area contributed by atoms with Crippen LogP contribution in [0.4, 0.5) is 4.79 Å². The van der Waals surface area contributed by atoms with Gasteiger partial charge >= 0.3 is 18.0 Å². The second-order valence-corrected chi connectivity index (χ2v) is 10.2. The molecule has 9 heteroatoms. The summed E-state index contributed by atoms with van der Waals surface area (Å²) in [6, 6.07) is 0.450. The Morgan fingerprint density at radius 1 is 1.21 bits per heavy atom. The van der Waals surface area contributed by atoms with Crippen molar-refractivity contribution in [1.82, 2.24) is 14.9 Å². The van der Waals surface area contributed by atoms with Gasteiger partial charge in [0.25, 0.3) is 0 Å². The molecule has 1 unspecified atom stereocenters. The molecule has 0 aliphatic heterocycles. The van der Waals surface area contributed by atoms with Crippen molar-refractivity contribution in [2.75, 3.05) is 6.54 Å². The van der Waals surface area contributed by atoms with Gasteiger partial charge in [-0.3, -0.25) is 9.59 Å². The Hall–Kier alpha value is -2.58. The number of nitrogens with zero attached hydrogens (tertiary/aromatic N) is 2. The summed E-state index contributed by atoms with van der Waals surface area (Å²) in [5, 5.41) is 12.2. The average Bonchev–Trinajstić information content (AvgIpc) is 3.18. The molecule has 0 aromatic carbocycles. The van der Waals surface area contributed by atoms with Crippen molar-refractivity contribution in [3.05, 3.63) is 18.2 Å². The summed E-state index contributed by atoms with van der Waals surface area (Å²) in [4.78, 5) is 39.8. The molecule has 0 saturated heterocycles. The molecule has 1 aromatic heterocycles. The van der Waals surface area contributed by atoms with Crippen LogP contribution < -0.4 is 5.32 Å². The summed E-state index contributed by atoms with van der Waals surface area (Å²) in [5.41, 5.74) is 0.0907. The van der Waals surface area contributed by atoms with E-state index >= 15 is 0 Å². The number of aliphatic carboxylic acids is 1. The molecule has 0 spiro atoms. The number of alkyl carbamates (subject to hydrolysis) is 1. The maximum atomic E-state index is 11.9. The molecule has 33 heavy (non-hydrogen) atoms. The number of aromatic nitrogens is 2. The first-order valence-electron chi connectivity index (χ1n) is 11.9. The van der Waals surface area contributed by atoms with Gasteiger partial charge in [0.05, 0.1) is 23.4 Å². The van der Waals surface area contributed by atoms with Crippen LogP contribution in [0.15, 0.2) is 12.5 Å². The van der Waals surface area contributed by atoms with Gasteiger partial charge in [-0.05, 0) is 65.2 Å². The standard InChI is InChI=1S/C24H39N3O6/c1-16-8-10-20(11-9-16)27-14-19(26-15-27)13-18(21(28)29)7-6-12-25-23(31)33-17(2)32-22(30)24(3,4)5/h14-18,20H,6-13H2,1-5H3,(H,25,31)(H,28,29)/t16?,17?,18-,20?/m0/s1. The second-order valence-electron chi connectivity index (χ2n) is 10.2. The lowest BCUT2D eigenvalue weighted by Crippen LogP contribution is -2.33. The number of carbonyl (C=O) groups excluding carboxylic acids is 2. The topological polar surface area (TPSA) is 120 Å². The van der Waals surface area contributed by atoms with Crippen molar-refractivity contribution in [1.29, 1.82) is 0 Å². The predicted molar refractivity (Wildman–Crippen MR) is 122 cm³/mol. The van der Waals surface area contributed by atoms with Crippen LogP contribution in [-0.4, -0.2) is 45.5 Å². The highest BCUT2D eigenvalue weighted by Gasteiger charge is 2.26. The van der Waals surface area contributed by atoms with Gasteiger partial charge in [-0.15, -0.1) is 0 Å². The molecule has 186 valence electrons. The van der Waals surface area contributed by atoms with Gasteiger partial charge in [0.1, 0.15) is 0 Å². The highest BCUT2D eigenvalue weighted by Crippen LogP contribution is 2.32. The molecule has 2 N–H and O–H groups in total. The molecule has 0 bridgehead atoms. The van der Waals surface area contributed by atoms with Crippen LogP contribution >= 0.6 is 0 Å². The Balaban J connectivity index is 1.72. The maximum absolute atomic E-state index is 11.9. The van der Waals surface area contributed by atoms with E-state index in [1.807, 2.05) is 12.5 Å². The molecular formula is C24H39N3O6. The van der Waals surface area contributed by atoms with E-state index in [0.29, 0.717) is 25.3 Å². The third-order valence-corrected chi connectivity index (χ3v) is 6.02. The Kier molecular flexibility index (Phi) is 9.73. The summed E-state index contributed by atoms with van der Waals surface area (Å²) < 4.78 is 12.2. The third-order valence-electron chi connectivity index (χ3n) is 6.02. The molecule has 1 aliphatic carbocycles. The summed E-state index contributed by atoms with van der Waals surface area (Å²) in [6.07, 6.45) is 8.00. The predicted octanol–water partition coefficient (Wildman–Crippen LogP) is 4.32. The van der Waals surface area contributed by atoms with Gasteiger partial charge in [-0.25, -0.2) is 9.78 Å². The number of esters is 1. The molecule has 1 saturated carbocycles. The Morgan fingerprint density at radius 2 is 1.88 bits per heavy atom. The lowest BCUT2D eigenvalue weighted by molar-refractivity contribution is -0.174. The molecule has 1 heterocycles. The van der Waals surface area contributed by atoms with Gasteiger partial charge in [0.15, 0.2) is 0 Å². The van der Waals surface area contributed by atoms with E-state index < -0.39 is 35.7 Å². The van der Waals surface area contributed by atoms with E-state index in [1.54, 1.807) is 20.8 Å². The summed E-state index contributed by atoms with van der Waals surface area (Å²) in [7, 11) is 0. The largest absolute Gasteiger partial charge is 0.481 e. The van der Waals surface area contributed by atoms with Crippen LogP contribution in [0.25, 0.3) is 0 Å². The molecule has 0 radical (unpaired) electrons. The molecule has 9 nitrogen and oxygen atoms in total. The van der Waals surface area contributed by atoms with Crippen molar-refractivity contribution in [3.8, 4) is 0 Å². The Bertz CT molecular complexity index is 792. The molecule has 1 aromatic rings. The normalized spacial score (nSPS) is 20.5. The zero-order chi connectivity index (χ0) is 24.6. The quantitative estimate of drug-likeness (QED) is 0.300. The maximum Gasteiger partial charge on any atom is 0.410 e. The summed E-state index contributed by atoms with van der Waals surface area (Å²) in [6.45, 7) is 9.14. The average molecular weight is 466 g/mol. The van der Waals surface area contributed by atoms with Crippen LogP contribution in [0.1, 0.15) is 84.9 Å². The zero-order valence-electron chi connectivity index (χ0n) is 20.5. The molecule has 2 rings (SSSR count). The fraction of sp³-hybridized carbons (Fsp3) is 0.750. The molecule has 1 fully saturated rings. The van der Waals surface area contributed by atoms with Crippen LogP contribution in [0.3, 0.4) is 0 Å². The van der Waals surface area contributed by atoms with Crippen LogP contribution in [-0.2, 0) is 25.5 Å². The molecular weight excluding hydrogens is 426 g/mol. The first-order valence-corrected chi connectivity index (χ1v) is 11.9. The number of imidazole rings is 1. The molecule has 1 amide bonds. The highest BCUT2D eigenvalue weighted by molar-refractivity contribution is 5.75. The number of hydrogen-bond acceptors (Lipinski definition) is 6. The number of ether oxygens (including phenoxy) is 2. The second kappa shape index (κ2) is 12.0. The third kappa shape index (κ3) is 9.06. The number of rotatable bonds is 10. The van der Waals surface area contributed by atoms with E-state index in [2.05, 4.69) is 21.8 Å². The Morgan fingerprint density at radius 3 is 2.48 bits per heavy atom. The van der Waals surface area contributed by atoms with E-state index in [1.165, 1.54) is 19.8 Å². The van der Waals surface area contributed by atoms with Gasteiger partial charge in [-0.2, -0.15) is 0 Å². The van der Waals surface area contributed by atoms with Crippen LogP contribution in [0.2, 0.25) is 0 Å². The monoisotopic (exact) mass is 465 g/mol. The van der Waals surface area contributed by atoms with Crippen molar-refractivity contribution in [2.24, 2.45) is 17.3 Å². The lowest BCUT2D eigenvalue weighted by Gasteiger charge is -2.26. The number of carbonyl (C=O) groups is 3. The van der Waals surface area contributed by atoms with E-state index in [-0.39, 0.29) is 6.54 Å². The minimum Gasteiger partial charge on any atom is -0.481 e. The number of hydrogen-bond donors (Lipinski definition) is 2. The van der Waals surface area contributed by atoms with E-state index in [0.717, 1.165) is 24.5 Å². The van der Waals surface area contributed by atoms with E-state index in [4.69, 9.17) is 9.47 Å². The number of amides is 1. The van der Waals surface area contributed by atoms with Crippen molar-refractivity contribution in [2.45, 2.75) is 91.9 Å². The van der Waals surface area contributed by atoms with Crippen molar-refractivity contribution >= 4 is 18.0 Å². The van der Waals surface area contributed by atoms with Gasteiger partial charge < -0.3 is 24.5 Å². The fourth-order valence-corrected chi connectivity index (χ4v) is 3.87. The van der Waals surface area contributed by atoms with Crippen LogP contribution in [0, 0.1) is 17.3 Å². The molecule has 2 atom stereocenters. The zero-order valence-corrected chi connectivity index (χ0v) is 20.5. The Labute approximate surface area is 196 Å². The fourth-order valence-electron chi connectivity index (χ4n) is 3.87. The smallest absolute Gasteiger partial charge is 0.410 e. The first kappa shape index (κ1) is 26.7. The van der Waals surface area contributed by atoms with Crippen molar-refractivity contribution in [3.63, 3.8) is 0 Å². The van der Waals surface area contributed by atoms with Gasteiger partial charge in [0.2, 0.25) is 6.29 Å². The first-order chi connectivity index (χ1) is 15.5. The number of nitrogens with one attached hydrogen (secondary N) is 1. The number of carboxylic acid groups (broad SMARTS) is 1.